The number of halogens is 1. The summed E-state index contributed by atoms with van der Waals surface area (Å²) in [6.07, 6.45) is 1.47. The number of nitriles is 1. The van der Waals surface area contributed by atoms with Gasteiger partial charge in [-0.2, -0.15) is 5.26 Å². The fraction of sp³-hybridized carbons (Fsp3) is 0.200. The van der Waals surface area contributed by atoms with Gasteiger partial charge in [-0.25, -0.2) is 0 Å². The summed E-state index contributed by atoms with van der Waals surface area (Å²) in [7, 11) is 0. The highest BCUT2D eigenvalue weighted by molar-refractivity contribution is 9.10. The van der Waals surface area contributed by atoms with E-state index in [9.17, 15) is 15.2 Å². The van der Waals surface area contributed by atoms with Gasteiger partial charge in [0, 0.05) is 5.69 Å². The van der Waals surface area contributed by atoms with Crippen molar-refractivity contribution in [3.8, 4) is 23.3 Å². The van der Waals surface area contributed by atoms with Crippen molar-refractivity contribution < 1.29 is 19.4 Å². The zero-order valence-corrected chi connectivity index (χ0v) is 16.5. The Balaban J connectivity index is 2.31. The SMILES string of the molecule is CCOc1cc(/C=C(/C#N)C(=O)Nc2ccc(O)cc2)cc(Br)c1OCC. The Morgan fingerprint density at radius 1 is 1.22 bits per heavy atom. The monoisotopic (exact) mass is 430 g/mol. The Hall–Kier alpha value is -2.98. The molecule has 27 heavy (non-hydrogen) atoms. The maximum atomic E-state index is 12.4. The number of anilines is 1. The first-order valence-corrected chi connectivity index (χ1v) is 9.09. The zero-order chi connectivity index (χ0) is 19.8. The number of phenolic OH excluding ortho intramolecular Hbond substituents is 1. The van der Waals surface area contributed by atoms with Gasteiger partial charge in [-0.1, -0.05) is 0 Å². The molecule has 1 amide bonds. The molecule has 0 unspecified atom stereocenters. The van der Waals surface area contributed by atoms with E-state index in [1.54, 1.807) is 24.3 Å². The summed E-state index contributed by atoms with van der Waals surface area (Å²) in [4.78, 5) is 12.4. The first-order valence-electron chi connectivity index (χ1n) is 8.29. The lowest BCUT2D eigenvalue weighted by molar-refractivity contribution is -0.112. The van der Waals surface area contributed by atoms with Crippen LogP contribution in [-0.4, -0.2) is 24.2 Å². The highest BCUT2D eigenvalue weighted by atomic mass is 79.9. The average molecular weight is 431 g/mol. The summed E-state index contributed by atoms with van der Waals surface area (Å²) in [6.45, 7) is 4.66. The molecule has 0 spiro atoms. The smallest absolute Gasteiger partial charge is 0.266 e. The second-order valence-corrected chi connectivity index (χ2v) is 6.22. The van der Waals surface area contributed by atoms with Crippen LogP contribution in [-0.2, 0) is 4.79 Å². The molecule has 0 aromatic heterocycles. The number of hydrogen-bond donors (Lipinski definition) is 2. The molecule has 0 atom stereocenters. The van der Waals surface area contributed by atoms with Crippen LogP contribution < -0.4 is 14.8 Å². The Morgan fingerprint density at radius 2 is 1.89 bits per heavy atom. The van der Waals surface area contributed by atoms with Gasteiger partial charge >= 0.3 is 0 Å². The lowest BCUT2D eigenvalue weighted by Gasteiger charge is -2.13. The van der Waals surface area contributed by atoms with Gasteiger partial charge in [0.25, 0.3) is 5.91 Å². The van der Waals surface area contributed by atoms with Gasteiger partial charge in [0.15, 0.2) is 11.5 Å². The van der Waals surface area contributed by atoms with Crippen molar-refractivity contribution in [1.29, 1.82) is 5.26 Å². The number of amides is 1. The second kappa shape index (κ2) is 9.64. The number of nitrogens with one attached hydrogen (secondary N) is 1. The van der Waals surface area contributed by atoms with E-state index in [-0.39, 0.29) is 11.3 Å². The maximum Gasteiger partial charge on any atom is 0.266 e. The highest BCUT2D eigenvalue weighted by Crippen LogP contribution is 2.37. The van der Waals surface area contributed by atoms with Gasteiger partial charge < -0.3 is 19.9 Å². The van der Waals surface area contributed by atoms with Crippen molar-refractivity contribution in [2.45, 2.75) is 13.8 Å². The molecule has 140 valence electrons. The third-order valence-corrected chi connectivity index (χ3v) is 4.01. The standard InChI is InChI=1S/C20H19BrN2O4/c1-3-26-18-11-13(10-17(21)19(18)27-4-2)9-14(12-22)20(25)23-15-5-7-16(24)8-6-15/h5-11,24H,3-4H2,1-2H3,(H,23,25)/b14-9-. The second-order valence-electron chi connectivity index (χ2n) is 5.37. The summed E-state index contributed by atoms with van der Waals surface area (Å²) < 4.78 is 11.9. The molecule has 2 N–H and O–H groups in total. The fourth-order valence-electron chi connectivity index (χ4n) is 2.28. The highest BCUT2D eigenvalue weighted by Gasteiger charge is 2.14. The van der Waals surface area contributed by atoms with Crippen LogP contribution in [0.15, 0.2) is 46.4 Å². The van der Waals surface area contributed by atoms with E-state index in [1.807, 2.05) is 19.9 Å². The third kappa shape index (κ3) is 5.50. The molecule has 2 aromatic rings. The normalized spacial score (nSPS) is 10.8. The number of carbonyl (C=O) groups excluding carboxylic acids is 1. The molecule has 0 fully saturated rings. The van der Waals surface area contributed by atoms with Gasteiger partial charge in [0.1, 0.15) is 17.4 Å². The summed E-state index contributed by atoms with van der Waals surface area (Å²) in [5.74, 6) is 0.637. The fourth-order valence-corrected chi connectivity index (χ4v) is 2.85. The van der Waals surface area contributed by atoms with Crippen LogP contribution in [0, 0.1) is 11.3 Å². The Kier molecular flexibility index (Phi) is 7.26. The van der Waals surface area contributed by atoms with Crippen molar-refractivity contribution in [3.05, 3.63) is 52.0 Å². The van der Waals surface area contributed by atoms with E-state index in [4.69, 9.17) is 9.47 Å². The molecular formula is C20H19BrN2O4. The maximum absolute atomic E-state index is 12.4. The minimum absolute atomic E-state index is 0.0680. The topological polar surface area (TPSA) is 91.6 Å². The van der Waals surface area contributed by atoms with Crippen molar-refractivity contribution in [2.75, 3.05) is 18.5 Å². The molecular weight excluding hydrogens is 412 g/mol. The molecule has 0 radical (unpaired) electrons. The van der Waals surface area contributed by atoms with E-state index < -0.39 is 5.91 Å². The van der Waals surface area contributed by atoms with Gasteiger partial charge in [-0.05, 0) is 77.8 Å². The van der Waals surface area contributed by atoms with Gasteiger partial charge in [0.05, 0.1) is 17.7 Å². The minimum Gasteiger partial charge on any atom is -0.508 e. The first-order chi connectivity index (χ1) is 13.0. The number of hydrogen-bond acceptors (Lipinski definition) is 5. The van der Waals surface area contributed by atoms with E-state index in [0.29, 0.717) is 40.4 Å². The van der Waals surface area contributed by atoms with Crippen LogP contribution in [0.5, 0.6) is 17.2 Å². The molecule has 0 bridgehead atoms. The van der Waals surface area contributed by atoms with Gasteiger partial charge in [-0.15, -0.1) is 0 Å². The summed E-state index contributed by atoms with van der Waals surface area (Å²) in [6, 6.07) is 11.4. The van der Waals surface area contributed by atoms with Crippen molar-refractivity contribution >= 4 is 33.6 Å². The van der Waals surface area contributed by atoms with E-state index in [0.717, 1.165) is 0 Å². The van der Waals surface area contributed by atoms with Gasteiger partial charge in [0.2, 0.25) is 0 Å². The van der Waals surface area contributed by atoms with Crippen LogP contribution in [0.25, 0.3) is 6.08 Å². The van der Waals surface area contributed by atoms with E-state index >= 15 is 0 Å². The Morgan fingerprint density at radius 3 is 2.48 bits per heavy atom. The average Bonchev–Trinajstić information content (AvgIpc) is 2.64. The molecule has 6 nitrogen and oxygen atoms in total. The van der Waals surface area contributed by atoms with Crippen LogP contribution >= 0.6 is 15.9 Å². The summed E-state index contributed by atoms with van der Waals surface area (Å²) in [5, 5.41) is 21.3. The minimum atomic E-state index is -0.550. The number of benzene rings is 2. The number of ether oxygens (including phenoxy) is 2. The quantitative estimate of drug-likeness (QED) is 0.383. The predicted molar refractivity (Wildman–Crippen MR) is 107 cm³/mol. The molecule has 0 aliphatic carbocycles. The number of nitrogens with zero attached hydrogens (tertiary/aromatic N) is 1. The van der Waals surface area contributed by atoms with Crippen LogP contribution in [0.1, 0.15) is 19.4 Å². The Labute approximate surface area is 166 Å². The molecule has 2 rings (SSSR count). The lowest BCUT2D eigenvalue weighted by Crippen LogP contribution is -2.13. The molecule has 2 aromatic carbocycles. The molecule has 0 aliphatic heterocycles. The van der Waals surface area contributed by atoms with Crippen molar-refractivity contribution in [2.24, 2.45) is 0 Å². The number of phenols is 1. The van der Waals surface area contributed by atoms with Crippen LogP contribution in [0.2, 0.25) is 0 Å². The molecule has 7 heteroatoms. The Bertz CT molecular complexity index is 886. The van der Waals surface area contributed by atoms with Crippen LogP contribution in [0.4, 0.5) is 5.69 Å². The number of aromatic hydroxyl groups is 1. The molecule has 0 aliphatic rings. The van der Waals surface area contributed by atoms with E-state index in [2.05, 4.69) is 21.2 Å². The van der Waals surface area contributed by atoms with Crippen LogP contribution in [0.3, 0.4) is 0 Å². The third-order valence-electron chi connectivity index (χ3n) is 3.42. The lowest BCUT2D eigenvalue weighted by atomic mass is 10.1. The van der Waals surface area contributed by atoms with Crippen molar-refractivity contribution in [1.82, 2.24) is 0 Å². The molecule has 0 saturated carbocycles. The van der Waals surface area contributed by atoms with Crippen molar-refractivity contribution in [3.63, 3.8) is 0 Å². The van der Waals surface area contributed by atoms with Gasteiger partial charge in [-0.3, -0.25) is 4.79 Å². The van der Waals surface area contributed by atoms with E-state index in [1.165, 1.54) is 18.2 Å². The largest absolute Gasteiger partial charge is 0.508 e. The number of rotatable bonds is 7. The molecule has 0 saturated heterocycles. The zero-order valence-electron chi connectivity index (χ0n) is 15.0. The summed E-state index contributed by atoms with van der Waals surface area (Å²) >= 11 is 3.44. The summed E-state index contributed by atoms with van der Waals surface area (Å²) in [5.41, 5.74) is 1.02. The predicted octanol–water partition coefficient (Wildman–Crippen LogP) is 4.50. The number of carbonyl (C=O) groups is 1. The first kappa shape index (κ1) is 20.3. The molecule has 0 heterocycles.